The fraction of sp³-hybridized carbons (Fsp3) is 0.417. The summed E-state index contributed by atoms with van der Waals surface area (Å²) >= 11 is 0. The lowest BCUT2D eigenvalue weighted by Crippen LogP contribution is -2.22. The molecule has 1 aromatic rings. The fourth-order valence-corrected chi connectivity index (χ4v) is 2.06. The van der Waals surface area contributed by atoms with Gasteiger partial charge in [-0.2, -0.15) is 0 Å². The van der Waals surface area contributed by atoms with Gasteiger partial charge in [0.25, 0.3) is 0 Å². The molecular weight excluding hydrogens is 176 g/mol. The van der Waals surface area contributed by atoms with E-state index in [0.717, 1.165) is 24.8 Å². The van der Waals surface area contributed by atoms with Crippen LogP contribution < -0.4 is 0 Å². The highest BCUT2D eigenvalue weighted by atomic mass is 16.3. The first-order chi connectivity index (χ1) is 6.79. The molecule has 0 amide bonds. The van der Waals surface area contributed by atoms with E-state index in [9.17, 15) is 9.90 Å². The molecule has 14 heavy (non-hydrogen) atoms. The molecule has 1 aromatic carbocycles. The van der Waals surface area contributed by atoms with Gasteiger partial charge in [-0.3, -0.25) is 4.79 Å². The van der Waals surface area contributed by atoms with Gasteiger partial charge < -0.3 is 5.11 Å². The van der Waals surface area contributed by atoms with Crippen LogP contribution in [-0.2, 0) is 0 Å². The van der Waals surface area contributed by atoms with E-state index in [0.29, 0.717) is 0 Å². The molecule has 1 fully saturated rings. The summed E-state index contributed by atoms with van der Waals surface area (Å²) in [4.78, 5) is 11.9. The summed E-state index contributed by atoms with van der Waals surface area (Å²) in [7, 11) is 0. The minimum atomic E-state index is -0.428. The molecule has 1 aliphatic rings. The van der Waals surface area contributed by atoms with Gasteiger partial charge in [-0.25, -0.2) is 0 Å². The minimum absolute atomic E-state index is 0.0931. The molecule has 1 aliphatic carbocycles. The first kappa shape index (κ1) is 9.41. The van der Waals surface area contributed by atoms with Gasteiger partial charge in [0, 0.05) is 11.5 Å². The van der Waals surface area contributed by atoms with Crippen LogP contribution in [0.3, 0.4) is 0 Å². The van der Waals surface area contributed by atoms with Gasteiger partial charge in [-0.15, -0.1) is 0 Å². The number of aliphatic hydroxyl groups excluding tert-OH is 1. The Morgan fingerprint density at radius 1 is 1.21 bits per heavy atom. The lowest BCUT2D eigenvalue weighted by atomic mass is 9.95. The van der Waals surface area contributed by atoms with Crippen molar-refractivity contribution in [2.75, 3.05) is 0 Å². The minimum Gasteiger partial charge on any atom is -0.392 e. The third-order valence-corrected chi connectivity index (χ3v) is 2.87. The second-order valence-electron chi connectivity index (χ2n) is 3.84. The van der Waals surface area contributed by atoms with E-state index >= 15 is 0 Å². The van der Waals surface area contributed by atoms with Crippen LogP contribution in [0.5, 0.6) is 0 Å². The Bertz CT molecular complexity index is 318. The maximum Gasteiger partial charge on any atom is 0.168 e. The van der Waals surface area contributed by atoms with Gasteiger partial charge in [0.1, 0.15) is 0 Å². The molecule has 1 saturated carbocycles. The van der Waals surface area contributed by atoms with Gasteiger partial charge >= 0.3 is 0 Å². The van der Waals surface area contributed by atoms with Crippen molar-refractivity contribution in [2.45, 2.75) is 25.4 Å². The molecule has 0 aliphatic heterocycles. The van der Waals surface area contributed by atoms with Crippen molar-refractivity contribution in [3.05, 3.63) is 35.9 Å². The van der Waals surface area contributed by atoms with Gasteiger partial charge in [0.15, 0.2) is 5.78 Å². The molecule has 74 valence electrons. The Labute approximate surface area is 83.6 Å². The van der Waals surface area contributed by atoms with Gasteiger partial charge in [-0.05, 0) is 12.8 Å². The number of hydrogen-bond donors (Lipinski definition) is 1. The quantitative estimate of drug-likeness (QED) is 0.724. The second-order valence-corrected chi connectivity index (χ2v) is 3.84. The van der Waals surface area contributed by atoms with Gasteiger partial charge in [-0.1, -0.05) is 36.8 Å². The second kappa shape index (κ2) is 3.93. The number of carbonyl (C=O) groups is 1. The van der Waals surface area contributed by atoms with Crippen molar-refractivity contribution in [1.29, 1.82) is 0 Å². The van der Waals surface area contributed by atoms with Crippen molar-refractivity contribution >= 4 is 5.78 Å². The third-order valence-electron chi connectivity index (χ3n) is 2.87. The molecule has 0 aromatic heterocycles. The predicted molar refractivity (Wildman–Crippen MR) is 54.1 cm³/mol. The molecule has 2 atom stereocenters. The number of carbonyl (C=O) groups excluding carboxylic acids is 1. The topological polar surface area (TPSA) is 37.3 Å². The van der Waals surface area contributed by atoms with E-state index in [1.54, 1.807) is 0 Å². The van der Waals surface area contributed by atoms with Gasteiger partial charge in [0.05, 0.1) is 6.10 Å². The van der Waals surface area contributed by atoms with Crippen molar-refractivity contribution in [3.63, 3.8) is 0 Å². The largest absolute Gasteiger partial charge is 0.392 e. The number of Topliss-reactive ketones (excluding diaryl/α,β-unsaturated/α-hetero) is 1. The van der Waals surface area contributed by atoms with E-state index in [-0.39, 0.29) is 11.7 Å². The van der Waals surface area contributed by atoms with Crippen LogP contribution in [0.4, 0.5) is 0 Å². The zero-order valence-electron chi connectivity index (χ0n) is 8.02. The van der Waals surface area contributed by atoms with Crippen LogP contribution in [0.15, 0.2) is 30.3 Å². The molecule has 0 radical (unpaired) electrons. The van der Waals surface area contributed by atoms with E-state index < -0.39 is 6.10 Å². The van der Waals surface area contributed by atoms with Crippen LogP contribution in [0.1, 0.15) is 29.6 Å². The summed E-state index contributed by atoms with van der Waals surface area (Å²) < 4.78 is 0. The van der Waals surface area contributed by atoms with Crippen LogP contribution in [-0.4, -0.2) is 17.0 Å². The zero-order valence-corrected chi connectivity index (χ0v) is 8.02. The lowest BCUT2D eigenvalue weighted by molar-refractivity contribution is 0.0758. The summed E-state index contributed by atoms with van der Waals surface area (Å²) in [5.41, 5.74) is 0.721. The summed E-state index contributed by atoms with van der Waals surface area (Å²) in [5, 5.41) is 9.60. The molecule has 0 spiro atoms. The highest BCUT2D eigenvalue weighted by Crippen LogP contribution is 2.28. The molecule has 2 heteroatoms. The van der Waals surface area contributed by atoms with Crippen molar-refractivity contribution < 1.29 is 9.90 Å². The van der Waals surface area contributed by atoms with Crippen LogP contribution in [0.2, 0.25) is 0 Å². The highest BCUT2D eigenvalue weighted by molar-refractivity contribution is 5.98. The van der Waals surface area contributed by atoms with Crippen LogP contribution in [0.25, 0.3) is 0 Å². The van der Waals surface area contributed by atoms with E-state index in [2.05, 4.69) is 0 Å². The molecule has 0 bridgehead atoms. The highest BCUT2D eigenvalue weighted by Gasteiger charge is 2.31. The molecule has 2 nitrogen and oxygen atoms in total. The molecular formula is C12H14O2. The predicted octanol–water partition coefficient (Wildman–Crippen LogP) is 2.03. The van der Waals surface area contributed by atoms with Crippen LogP contribution in [0, 0.1) is 5.92 Å². The molecule has 1 N–H and O–H groups in total. The van der Waals surface area contributed by atoms with Crippen molar-refractivity contribution in [1.82, 2.24) is 0 Å². The number of rotatable bonds is 2. The third kappa shape index (κ3) is 1.70. The van der Waals surface area contributed by atoms with Crippen LogP contribution >= 0.6 is 0 Å². The molecule has 2 rings (SSSR count). The number of hydrogen-bond acceptors (Lipinski definition) is 2. The molecule has 0 saturated heterocycles. The normalized spacial score (nSPS) is 26.4. The zero-order chi connectivity index (χ0) is 9.97. The first-order valence-electron chi connectivity index (χ1n) is 5.06. The summed E-state index contributed by atoms with van der Waals surface area (Å²) in [6.45, 7) is 0. The Hall–Kier alpha value is -1.15. The maximum atomic E-state index is 11.9. The number of ketones is 1. The van der Waals surface area contributed by atoms with E-state index in [1.807, 2.05) is 30.3 Å². The monoisotopic (exact) mass is 190 g/mol. The smallest absolute Gasteiger partial charge is 0.168 e. The Morgan fingerprint density at radius 3 is 2.50 bits per heavy atom. The molecule has 2 unspecified atom stereocenters. The maximum absolute atomic E-state index is 11.9. The standard InChI is InChI=1S/C12H14O2/c13-11-8-4-7-10(11)12(14)9-5-2-1-3-6-9/h1-3,5-6,10-11,13H,4,7-8H2. The summed E-state index contributed by atoms with van der Waals surface area (Å²) in [6.07, 6.45) is 2.13. The fourth-order valence-electron chi connectivity index (χ4n) is 2.06. The SMILES string of the molecule is O=C(c1ccccc1)C1CCCC1O. The Kier molecular flexibility index (Phi) is 2.64. The first-order valence-corrected chi connectivity index (χ1v) is 5.06. The van der Waals surface area contributed by atoms with Crippen molar-refractivity contribution in [3.8, 4) is 0 Å². The van der Waals surface area contributed by atoms with Gasteiger partial charge in [0.2, 0.25) is 0 Å². The average Bonchev–Trinajstić information content (AvgIpc) is 2.65. The number of aliphatic hydroxyl groups is 1. The average molecular weight is 190 g/mol. The number of benzene rings is 1. The summed E-state index contributed by atoms with van der Waals surface area (Å²) in [5.74, 6) is -0.0759. The molecule has 0 heterocycles. The van der Waals surface area contributed by atoms with E-state index in [4.69, 9.17) is 0 Å². The van der Waals surface area contributed by atoms with Crippen molar-refractivity contribution in [2.24, 2.45) is 5.92 Å². The Balaban J connectivity index is 2.16. The Morgan fingerprint density at radius 2 is 1.93 bits per heavy atom. The summed E-state index contributed by atoms with van der Waals surface area (Å²) in [6, 6.07) is 9.23. The van der Waals surface area contributed by atoms with E-state index in [1.165, 1.54) is 0 Å². The lowest BCUT2D eigenvalue weighted by Gasteiger charge is -2.12.